The smallest absolute Gasteiger partial charge is 0.192 e. The molecule has 0 saturated heterocycles. The highest BCUT2D eigenvalue weighted by atomic mass is 35.5. The van der Waals surface area contributed by atoms with Gasteiger partial charge in [0.05, 0.1) is 0 Å². The molecule has 0 unspecified atom stereocenters. The minimum absolute atomic E-state index is 0. The SMILES string of the molecule is CC(C)(C)[C@H](N)CO[Si](C)(C)C(C)(C)C.Cl. The van der Waals surface area contributed by atoms with Gasteiger partial charge in [-0.15, -0.1) is 12.4 Å². The van der Waals surface area contributed by atoms with Gasteiger partial charge in [0, 0.05) is 12.6 Å². The first-order chi connectivity index (χ1) is 6.38. The Kier molecular flexibility index (Phi) is 6.87. The lowest BCUT2D eigenvalue weighted by atomic mass is 9.88. The quantitative estimate of drug-likeness (QED) is 0.790. The van der Waals surface area contributed by atoms with Crippen molar-refractivity contribution in [2.24, 2.45) is 11.1 Å². The predicted octanol–water partition coefficient (Wildman–Crippen LogP) is 3.80. The van der Waals surface area contributed by atoms with Crippen molar-refractivity contribution < 1.29 is 4.43 Å². The average molecular weight is 268 g/mol. The van der Waals surface area contributed by atoms with Crippen LogP contribution in [0.2, 0.25) is 18.1 Å². The molecule has 0 fully saturated rings. The lowest BCUT2D eigenvalue weighted by Crippen LogP contribution is -2.47. The molecule has 0 aliphatic carbocycles. The number of hydrogen-bond donors (Lipinski definition) is 1. The monoisotopic (exact) mass is 267 g/mol. The van der Waals surface area contributed by atoms with Crippen LogP contribution in [-0.4, -0.2) is 21.0 Å². The summed E-state index contributed by atoms with van der Waals surface area (Å²) >= 11 is 0. The highest BCUT2D eigenvalue weighted by Gasteiger charge is 2.38. The summed E-state index contributed by atoms with van der Waals surface area (Å²) < 4.78 is 6.10. The van der Waals surface area contributed by atoms with Gasteiger partial charge in [-0.05, 0) is 23.5 Å². The second-order valence-corrected chi connectivity index (χ2v) is 11.9. The first-order valence-corrected chi connectivity index (χ1v) is 8.68. The Bertz CT molecular complexity index is 206. The number of rotatable bonds is 3. The third-order valence-corrected chi connectivity index (χ3v) is 8.04. The Hall–Kier alpha value is 0.427. The molecule has 0 spiro atoms. The summed E-state index contributed by atoms with van der Waals surface area (Å²) in [6, 6.07) is 0.117. The molecular weight excluding hydrogens is 238 g/mol. The fourth-order valence-corrected chi connectivity index (χ4v) is 1.79. The van der Waals surface area contributed by atoms with Crippen molar-refractivity contribution in [2.75, 3.05) is 6.61 Å². The van der Waals surface area contributed by atoms with Gasteiger partial charge in [-0.1, -0.05) is 41.5 Å². The Labute approximate surface area is 109 Å². The van der Waals surface area contributed by atoms with Crippen LogP contribution in [0, 0.1) is 5.41 Å². The van der Waals surface area contributed by atoms with Crippen LogP contribution in [0.25, 0.3) is 0 Å². The molecule has 0 bridgehead atoms. The van der Waals surface area contributed by atoms with E-state index in [4.69, 9.17) is 10.2 Å². The molecular formula is C12H30ClNOSi. The van der Waals surface area contributed by atoms with Crippen molar-refractivity contribution in [1.82, 2.24) is 0 Å². The summed E-state index contributed by atoms with van der Waals surface area (Å²) in [6.07, 6.45) is 0. The van der Waals surface area contributed by atoms with Gasteiger partial charge in [-0.25, -0.2) is 0 Å². The van der Waals surface area contributed by atoms with E-state index in [2.05, 4.69) is 54.6 Å². The van der Waals surface area contributed by atoms with Crippen LogP contribution in [0.3, 0.4) is 0 Å². The largest absolute Gasteiger partial charge is 0.415 e. The lowest BCUT2D eigenvalue weighted by Gasteiger charge is -2.38. The lowest BCUT2D eigenvalue weighted by molar-refractivity contribution is 0.192. The van der Waals surface area contributed by atoms with Gasteiger partial charge in [0.2, 0.25) is 0 Å². The fraction of sp³-hybridized carbons (Fsp3) is 1.00. The maximum absolute atomic E-state index is 6.10. The Morgan fingerprint density at radius 3 is 1.69 bits per heavy atom. The molecule has 0 aromatic heterocycles. The molecule has 0 radical (unpaired) electrons. The topological polar surface area (TPSA) is 35.2 Å². The zero-order valence-corrected chi connectivity index (χ0v) is 14.0. The van der Waals surface area contributed by atoms with Crippen LogP contribution >= 0.6 is 12.4 Å². The van der Waals surface area contributed by atoms with Crippen LogP contribution in [0.5, 0.6) is 0 Å². The van der Waals surface area contributed by atoms with Gasteiger partial charge in [-0.3, -0.25) is 0 Å². The molecule has 16 heavy (non-hydrogen) atoms. The molecule has 0 amide bonds. The van der Waals surface area contributed by atoms with Gasteiger partial charge >= 0.3 is 0 Å². The van der Waals surface area contributed by atoms with Crippen molar-refractivity contribution >= 4 is 20.7 Å². The molecule has 0 rings (SSSR count). The number of halogens is 1. The molecule has 2 N–H and O–H groups in total. The van der Waals surface area contributed by atoms with E-state index in [9.17, 15) is 0 Å². The van der Waals surface area contributed by atoms with E-state index in [1.807, 2.05) is 0 Å². The number of hydrogen-bond acceptors (Lipinski definition) is 2. The van der Waals surface area contributed by atoms with E-state index >= 15 is 0 Å². The molecule has 0 saturated carbocycles. The first kappa shape index (κ1) is 18.8. The summed E-state index contributed by atoms with van der Waals surface area (Å²) in [4.78, 5) is 0. The summed E-state index contributed by atoms with van der Waals surface area (Å²) in [5.74, 6) is 0. The third kappa shape index (κ3) is 5.67. The van der Waals surface area contributed by atoms with Crippen molar-refractivity contribution in [3.05, 3.63) is 0 Å². The van der Waals surface area contributed by atoms with Crippen LogP contribution in [0.1, 0.15) is 41.5 Å². The van der Waals surface area contributed by atoms with E-state index in [1.54, 1.807) is 0 Å². The molecule has 100 valence electrons. The average Bonchev–Trinajstić information content (AvgIpc) is 1.96. The highest BCUT2D eigenvalue weighted by Crippen LogP contribution is 2.36. The maximum Gasteiger partial charge on any atom is 0.192 e. The van der Waals surface area contributed by atoms with Crippen molar-refractivity contribution in [1.29, 1.82) is 0 Å². The number of nitrogens with two attached hydrogens (primary N) is 1. The Balaban J connectivity index is 0. The van der Waals surface area contributed by atoms with E-state index < -0.39 is 8.32 Å². The molecule has 0 aliphatic rings. The molecule has 2 nitrogen and oxygen atoms in total. The molecule has 0 aliphatic heterocycles. The second kappa shape index (κ2) is 5.85. The van der Waals surface area contributed by atoms with E-state index in [-0.39, 0.29) is 28.9 Å². The Morgan fingerprint density at radius 2 is 1.44 bits per heavy atom. The fourth-order valence-electron chi connectivity index (χ4n) is 0.765. The normalized spacial score (nSPS) is 15.6. The Morgan fingerprint density at radius 1 is 1.06 bits per heavy atom. The van der Waals surface area contributed by atoms with Crippen LogP contribution in [0.4, 0.5) is 0 Å². The maximum atomic E-state index is 6.10. The van der Waals surface area contributed by atoms with Crippen molar-refractivity contribution in [2.45, 2.75) is 65.7 Å². The molecule has 4 heteroatoms. The zero-order chi connectivity index (χ0) is 12.5. The standard InChI is InChI=1S/C12H29NOSi.ClH/c1-11(2,3)10(13)9-14-15(7,8)12(4,5)6;/h10H,9,13H2,1-8H3;1H/t10-;/m1./s1. The van der Waals surface area contributed by atoms with Gasteiger partial charge in [0.1, 0.15) is 0 Å². The molecule has 0 aromatic carbocycles. The van der Waals surface area contributed by atoms with Crippen molar-refractivity contribution in [3.63, 3.8) is 0 Å². The summed E-state index contributed by atoms with van der Waals surface area (Å²) in [7, 11) is -1.63. The van der Waals surface area contributed by atoms with Gasteiger partial charge in [-0.2, -0.15) is 0 Å². The van der Waals surface area contributed by atoms with Crippen LogP contribution < -0.4 is 5.73 Å². The minimum Gasteiger partial charge on any atom is -0.415 e. The zero-order valence-electron chi connectivity index (χ0n) is 12.2. The predicted molar refractivity (Wildman–Crippen MR) is 77.8 cm³/mol. The van der Waals surface area contributed by atoms with Crippen LogP contribution in [-0.2, 0) is 4.43 Å². The van der Waals surface area contributed by atoms with E-state index in [1.165, 1.54) is 0 Å². The summed E-state index contributed by atoms with van der Waals surface area (Å²) in [5, 5.41) is 0.268. The van der Waals surface area contributed by atoms with Gasteiger partial charge < -0.3 is 10.2 Å². The van der Waals surface area contributed by atoms with Gasteiger partial charge in [0.15, 0.2) is 8.32 Å². The van der Waals surface area contributed by atoms with Crippen LogP contribution in [0.15, 0.2) is 0 Å². The molecule has 1 atom stereocenters. The summed E-state index contributed by atoms with van der Waals surface area (Å²) in [5.41, 5.74) is 6.23. The van der Waals surface area contributed by atoms with E-state index in [0.717, 1.165) is 0 Å². The highest BCUT2D eigenvalue weighted by molar-refractivity contribution is 6.74. The van der Waals surface area contributed by atoms with Crippen molar-refractivity contribution in [3.8, 4) is 0 Å². The summed E-state index contributed by atoms with van der Waals surface area (Å²) in [6.45, 7) is 18.4. The van der Waals surface area contributed by atoms with Gasteiger partial charge in [0.25, 0.3) is 0 Å². The third-order valence-electron chi connectivity index (χ3n) is 3.54. The van der Waals surface area contributed by atoms with E-state index in [0.29, 0.717) is 6.61 Å². The second-order valence-electron chi connectivity index (χ2n) is 7.04. The molecule has 0 heterocycles. The molecule has 0 aromatic rings. The minimum atomic E-state index is -1.63. The first-order valence-electron chi connectivity index (χ1n) is 5.77.